The lowest BCUT2D eigenvalue weighted by molar-refractivity contribution is -0.117. The zero-order chi connectivity index (χ0) is 19.3. The molecule has 0 bridgehead atoms. The Balaban J connectivity index is 1.44. The van der Waals surface area contributed by atoms with E-state index in [1.807, 2.05) is 84.9 Å². The van der Waals surface area contributed by atoms with E-state index in [4.69, 9.17) is 0 Å². The number of azo groups is 1. The number of carbonyl (C=O) groups excluding carboxylic acids is 1. The van der Waals surface area contributed by atoms with Gasteiger partial charge in [-0.3, -0.25) is 4.79 Å². The Hall–Kier alpha value is -3.80. The van der Waals surface area contributed by atoms with Crippen LogP contribution in [0.5, 0.6) is 0 Å². The summed E-state index contributed by atoms with van der Waals surface area (Å²) in [6.07, 6.45) is 0. The molecule has 0 fully saturated rings. The third-order valence-electron chi connectivity index (χ3n) is 4.32. The third kappa shape index (κ3) is 3.81. The van der Waals surface area contributed by atoms with Crippen molar-refractivity contribution in [1.82, 2.24) is 0 Å². The van der Waals surface area contributed by atoms with Gasteiger partial charge in [-0.2, -0.15) is 20.3 Å². The molecule has 1 N–H and O–H groups in total. The number of nitrogens with one attached hydrogen (secondary N) is 1. The van der Waals surface area contributed by atoms with E-state index >= 15 is 0 Å². The number of nitrogens with zero attached hydrogens (tertiary/aromatic N) is 4. The van der Waals surface area contributed by atoms with Gasteiger partial charge in [0, 0.05) is 11.4 Å². The molecule has 1 heterocycles. The molecule has 3 aromatic rings. The molecule has 0 spiro atoms. The fourth-order valence-corrected chi connectivity index (χ4v) is 2.87. The summed E-state index contributed by atoms with van der Waals surface area (Å²) in [4.78, 5) is 12.6. The number of anilines is 3. The van der Waals surface area contributed by atoms with Gasteiger partial charge in [0.1, 0.15) is 0 Å². The predicted octanol–water partition coefficient (Wildman–Crippen LogP) is 5.31. The zero-order valence-corrected chi connectivity index (χ0v) is 15.4. The van der Waals surface area contributed by atoms with Crippen LogP contribution in [0.15, 0.2) is 100 Å². The van der Waals surface area contributed by atoms with Crippen molar-refractivity contribution in [2.45, 2.75) is 13.0 Å². The van der Waals surface area contributed by atoms with Crippen LogP contribution in [0.4, 0.5) is 22.7 Å². The largest absolute Gasteiger partial charge is 0.356 e. The molecule has 0 unspecified atom stereocenters. The lowest BCUT2D eigenvalue weighted by Gasteiger charge is -2.11. The highest BCUT2D eigenvalue weighted by molar-refractivity contribution is 6.18. The van der Waals surface area contributed by atoms with Crippen molar-refractivity contribution >= 4 is 34.4 Å². The van der Waals surface area contributed by atoms with Crippen molar-refractivity contribution in [1.29, 1.82) is 0 Å². The Morgan fingerprint density at radius 3 is 2.14 bits per heavy atom. The molecule has 6 heteroatoms. The van der Waals surface area contributed by atoms with Crippen LogP contribution in [0.25, 0.3) is 0 Å². The van der Waals surface area contributed by atoms with E-state index in [1.165, 1.54) is 5.01 Å². The molecule has 28 heavy (non-hydrogen) atoms. The molecule has 1 aliphatic heterocycles. The Morgan fingerprint density at radius 1 is 0.857 bits per heavy atom. The summed E-state index contributed by atoms with van der Waals surface area (Å²) < 4.78 is 0. The summed E-state index contributed by atoms with van der Waals surface area (Å²) >= 11 is 0. The Bertz CT molecular complexity index is 1010. The second-order valence-electron chi connectivity index (χ2n) is 6.38. The SMILES string of the molecule is CC1=NN(c2ccccc2)C(=O)[C@@H]1N=Nc1ccc(Nc2ccccc2)cc1. The quantitative estimate of drug-likeness (QED) is 0.620. The first kappa shape index (κ1) is 17.6. The highest BCUT2D eigenvalue weighted by Crippen LogP contribution is 2.24. The Kier molecular flexibility index (Phi) is 4.93. The van der Waals surface area contributed by atoms with Gasteiger partial charge < -0.3 is 5.32 Å². The molecule has 1 atom stereocenters. The number of hydrogen-bond donors (Lipinski definition) is 1. The van der Waals surface area contributed by atoms with Gasteiger partial charge in [-0.15, -0.1) is 0 Å². The second kappa shape index (κ2) is 7.84. The average molecular weight is 369 g/mol. The number of para-hydroxylation sites is 2. The number of carbonyl (C=O) groups is 1. The van der Waals surface area contributed by atoms with Crippen LogP contribution in [0.2, 0.25) is 0 Å². The van der Waals surface area contributed by atoms with Crippen molar-refractivity contribution in [2.24, 2.45) is 15.3 Å². The molecule has 1 aliphatic rings. The zero-order valence-electron chi connectivity index (χ0n) is 15.4. The molecule has 6 nitrogen and oxygen atoms in total. The minimum Gasteiger partial charge on any atom is -0.356 e. The van der Waals surface area contributed by atoms with E-state index in [1.54, 1.807) is 6.92 Å². The van der Waals surface area contributed by atoms with Crippen LogP contribution in [0, 0.1) is 0 Å². The van der Waals surface area contributed by atoms with Gasteiger partial charge >= 0.3 is 0 Å². The van der Waals surface area contributed by atoms with Gasteiger partial charge in [0.2, 0.25) is 0 Å². The van der Waals surface area contributed by atoms with Gasteiger partial charge in [-0.25, -0.2) is 0 Å². The fraction of sp³-hybridized carbons (Fsp3) is 0.0909. The van der Waals surface area contributed by atoms with Gasteiger partial charge in [-0.1, -0.05) is 36.4 Å². The number of hydrogen-bond acceptors (Lipinski definition) is 5. The average Bonchev–Trinajstić information content (AvgIpc) is 3.02. The summed E-state index contributed by atoms with van der Waals surface area (Å²) in [7, 11) is 0. The molecule has 0 radical (unpaired) electrons. The lowest BCUT2D eigenvalue weighted by atomic mass is 10.2. The number of amides is 1. The van der Waals surface area contributed by atoms with Gasteiger partial charge in [0.15, 0.2) is 6.04 Å². The maximum atomic E-state index is 12.6. The van der Waals surface area contributed by atoms with E-state index in [0.717, 1.165) is 17.1 Å². The van der Waals surface area contributed by atoms with Crippen LogP contribution >= 0.6 is 0 Å². The van der Waals surface area contributed by atoms with E-state index < -0.39 is 6.04 Å². The van der Waals surface area contributed by atoms with E-state index in [-0.39, 0.29) is 5.91 Å². The minimum absolute atomic E-state index is 0.199. The topological polar surface area (TPSA) is 69.4 Å². The maximum absolute atomic E-state index is 12.6. The van der Waals surface area contributed by atoms with Gasteiger partial charge in [-0.05, 0) is 55.5 Å². The first-order valence-corrected chi connectivity index (χ1v) is 8.98. The van der Waals surface area contributed by atoms with Crippen molar-refractivity contribution in [3.05, 3.63) is 84.9 Å². The van der Waals surface area contributed by atoms with E-state index in [9.17, 15) is 4.79 Å². The summed E-state index contributed by atoms with van der Waals surface area (Å²) in [5.41, 5.74) is 3.99. The number of rotatable bonds is 5. The standard InChI is InChI=1S/C22H19N5O/c1-16-21(22(28)27(26-16)20-10-6-3-7-11-20)25-24-19-14-12-18(13-15-19)23-17-8-4-2-5-9-17/h2-15,21,23H,1H3/t21-/m1/s1. The molecular weight excluding hydrogens is 350 g/mol. The molecule has 0 aromatic heterocycles. The van der Waals surface area contributed by atoms with Gasteiger partial charge in [0.05, 0.1) is 17.1 Å². The van der Waals surface area contributed by atoms with Crippen molar-refractivity contribution < 1.29 is 4.79 Å². The van der Waals surface area contributed by atoms with Crippen LogP contribution in [-0.4, -0.2) is 17.7 Å². The van der Waals surface area contributed by atoms with Crippen molar-refractivity contribution in [3.8, 4) is 0 Å². The Morgan fingerprint density at radius 2 is 1.46 bits per heavy atom. The number of hydrazone groups is 1. The van der Waals surface area contributed by atoms with Crippen LogP contribution < -0.4 is 10.3 Å². The molecule has 0 saturated carbocycles. The lowest BCUT2D eigenvalue weighted by Crippen LogP contribution is -2.29. The van der Waals surface area contributed by atoms with Crippen LogP contribution in [0.1, 0.15) is 6.92 Å². The van der Waals surface area contributed by atoms with Crippen molar-refractivity contribution in [2.75, 3.05) is 10.3 Å². The molecular formula is C22H19N5O. The van der Waals surface area contributed by atoms with Crippen LogP contribution in [-0.2, 0) is 4.79 Å². The monoisotopic (exact) mass is 369 g/mol. The molecule has 4 rings (SSSR count). The summed E-state index contributed by atoms with van der Waals surface area (Å²) in [5.74, 6) is -0.199. The minimum atomic E-state index is -0.692. The molecule has 0 saturated heterocycles. The molecule has 0 aliphatic carbocycles. The molecule has 138 valence electrons. The maximum Gasteiger partial charge on any atom is 0.280 e. The Labute approximate surface area is 163 Å². The first-order valence-electron chi connectivity index (χ1n) is 8.98. The van der Waals surface area contributed by atoms with E-state index in [2.05, 4.69) is 20.6 Å². The summed E-state index contributed by atoms with van der Waals surface area (Å²) in [6, 6.07) is 26.1. The summed E-state index contributed by atoms with van der Waals surface area (Å²) in [5, 5.41) is 17.5. The fourth-order valence-electron chi connectivity index (χ4n) is 2.87. The van der Waals surface area contributed by atoms with Crippen LogP contribution in [0.3, 0.4) is 0 Å². The normalized spacial score (nSPS) is 16.5. The highest BCUT2D eigenvalue weighted by atomic mass is 16.2. The highest BCUT2D eigenvalue weighted by Gasteiger charge is 2.34. The smallest absolute Gasteiger partial charge is 0.280 e. The predicted molar refractivity (Wildman–Crippen MR) is 112 cm³/mol. The van der Waals surface area contributed by atoms with Crippen molar-refractivity contribution in [3.63, 3.8) is 0 Å². The third-order valence-corrected chi connectivity index (χ3v) is 4.32. The summed E-state index contributed by atoms with van der Waals surface area (Å²) in [6.45, 7) is 1.79. The first-order chi connectivity index (χ1) is 13.7. The van der Waals surface area contributed by atoms with Gasteiger partial charge in [0.25, 0.3) is 5.91 Å². The molecule has 3 aromatic carbocycles. The van der Waals surface area contributed by atoms with E-state index in [0.29, 0.717) is 11.4 Å². The molecule has 1 amide bonds. The second-order valence-corrected chi connectivity index (χ2v) is 6.38. The number of benzene rings is 3.